The van der Waals surface area contributed by atoms with Gasteiger partial charge in [0.25, 0.3) is 0 Å². The number of rotatable bonds is 1. The second kappa shape index (κ2) is 4.55. The highest BCUT2D eigenvalue weighted by Gasteiger charge is 2.50. The quantitative estimate of drug-likeness (QED) is 0.794. The molecular formula is C11H11Cl2N2O2S2+. The van der Waals surface area contributed by atoms with Crippen molar-refractivity contribution in [3.63, 3.8) is 0 Å². The summed E-state index contributed by atoms with van der Waals surface area (Å²) < 4.78 is 25.3. The molecule has 19 heavy (non-hydrogen) atoms. The molecule has 1 fully saturated rings. The van der Waals surface area contributed by atoms with E-state index in [1.54, 1.807) is 22.8 Å². The largest absolute Gasteiger partial charge is 0.310 e. The Hall–Kier alpha value is -0.430. The zero-order valence-electron chi connectivity index (χ0n) is 9.71. The van der Waals surface area contributed by atoms with Crippen LogP contribution in [-0.4, -0.2) is 41.0 Å². The first-order valence-electron chi connectivity index (χ1n) is 5.62. The third kappa shape index (κ3) is 2.24. The second-order valence-corrected chi connectivity index (χ2v) is 8.81. The van der Waals surface area contributed by atoms with Crippen LogP contribution in [0.3, 0.4) is 0 Å². The number of nitrogens with two attached hydrogens (primary N) is 1. The molecule has 2 atom stereocenters. The van der Waals surface area contributed by atoms with E-state index in [4.69, 9.17) is 28.9 Å². The van der Waals surface area contributed by atoms with Crippen LogP contribution >= 0.6 is 35.0 Å². The van der Waals surface area contributed by atoms with E-state index in [2.05, 4.69) is 0 Å². The Balaban J connectivity index is 2.12. The molecule has 4 nitrogen and oxygen atoms in total. The molecule has 2 heterocycles. The molecule has 0 bridgehead atoms. The lowest BCUT2D eigenvalue weighted by Crippen LogP contribution is -2.29. The maximum Gasteiger partial charge on any atom is 0.310 e. The first-order valence-corrected chi connectivity index (χ1v) is 9.07. The number of thioether (sulfide) groups is 1. The van der Waals surface area contributed by atoms with Crippen LogP contribution in [0.5, 0.6) is 0 Å². The van der Waals surface area contributed by atoms with Gasteiger partial charge in [-0.25, -0.2) is 13.0 Å². The summed E-state index contributed by atoms with van der Waals surface area (Å²) in [5.41, 5.74) is 6.62. The van der Waals surface area contributed by atoms with E-state index >= 15 is 0 Å². The molecule has 0 saturated carbocycles. The molecule has 102 valence electrons. The molecule has 0 radical (unpaired) electrons. The molecule has 0 spiro atoms. The number of benzene rings is 1. The minimum Gasteiger partial charge on any atom is -0.281 e. The van der Waals surface area contributed by atoms with Gasteiger partial charge in [0.2, 0.25) is 0 Å². The highest BCUT2D eigenvalue weighted by molar-refractivity contribution is 8.15. The van der Waals surface area contributed by atoms with Crippen molar-refractivity contribution < 1.29 is 13.0 Å². The third-order valence-corrected chi connectivity index (χ3v) is 7.05. The topological polar surface area (TPSA) is 63.2 Å². The maximum absolute atomic E-state index is 11.7. The molecule has 1 saturated heterocycles. The zero-order valence-corrected chi connectivity index (χ0v) is 12.9. The Bertz CT molecular complexity index is 668. The molecule has 1 aromatic carbocycles. The van der Waals surface area contributed by atoms with Crippen molar-refractivity contribution in [2.75, 3.05) is 11.5 Å². The van der Waals surface area contributed by atoms with Crippen LogP contribution in [-0.2, 0) is 9.84 Å². The molecule has 1 aromatic rings. The SMILES string of the molecule is NC1=[N+](c2c(Cl)cccc2Cl)[C@H]2CS(=O)(=O)C[C@H]2S1. The van der Waals surface area contributed by atoms with Crippen molar-refractivity contribution in [2.24, 2.45) is 5.73 Å². The van der Waals surface area contributed by atoms with Gasteiger partial charge in [0.1, 0.15) is 6.04 Å². The Morgan fingerprint density at radius 3 is 2.53 bits per heavy atom. The van der Waals surface area contributed by atoms with Crippen LogP contribution < -0.4 is 5.73 Å². The molecule has 2 aliphatic heterocycles. The van der Waals surface area contributed by atoms with Gasteiger partial charge in [-0.1, -0.05) is 29.3 Å². The zero-order chi connectivity index (χ0) is 13.8. The van der Waals surface area contributed by atoms with Crippen LogP contribution in [0.4, 0.5) is 5.69 Å². The van der Waals surface area contributed by atoms with Crippen LogP contribution in [0.15, 0.2) is 18.2 Å². The number of hydrogen-bond acceptors (Lipinski definition) is 4. The van der Waals surface area contributed by atoms with Gasteiger partial charge in [0.15, 0.2) is 15.5 Å². The lowest BCUT2D eigenvalue weighted by atomic mass is 10.2. The van der Waals surface area contributed by atoms with E-state index in [0.717, 1.165) is 0 Å². The van der Waals surface area contributed by atoms with Crippen molar-refractivity contribution >= 4 is 55.7 Å². The summed E-state index contributed by atoms with van der Waals surface area (Å²) in [4.78, 5) is 0. The van der Waals surface area contributed by atoms with Gasteiger partial charge in [-0.15, -0.1) is 0 Å². The molecule has 0 aromatic heterocycles. The summed E-state index contributed by atoms with van der Waals surface area (Å²) in [6.45, 7) is 0. The standard InChI is InChI=1S/C11H10Cl2N2O2S2/c12-6-2-1-3-7(13)10(6)15-8-4-19(16,17)5-9(8)18-11(15)14/h1-3,8-9,14H,4-5H2/p+1/t8-,9+/m0/s1. The molecular weight excluding hydrogens is 327 g/mol. The van der Waals surface area contributed by atoms with E-state index in [1.807, 2.05) is 0 Å². The highest BCUT2D eigenvalue weighted by Crippen LogP contribution is 2.41. The Morgan fingerprint density at radius 2 is 1.89 bits per heavy atom. The number of halogens is 2. The van der Waals surface area contributed by atoms with Crippen molar-refractivity contribution in [1.82, 2.24) is 0 Å². The number of amidine groups is 1. The highest BCUT2D eigenvalue weighted by atomic mass is 35.5. The Morgan fingerprint density at radius 1 is 1.26 bits per heavy atom. The van der Waals surface area contributed by atoms with Gasteiger partial charge in [0, 0.05) is 0 Å². The summed E-state index contributed by atoms with van der Waals surface area (Å²) in [7, 11) is -3.01. The van der Waals surface area contributed by atoms with Crippen LogP contribution in [0.1, 0.15) is 0 Å². The van der Waals surface area contributed by atoms with Crippen molar-refractivity contribution in [1.29, 1.82) is 0 Å². The van der Waals surface area contributed by atoms with E-state index in [0.29, 0.717) is 20.9 Å². The van der Waals surface area contributed by atoms with Crippen molar-refractivity contribution in [2.45, 2.75) is 11.3 Å². The Labute approximate surface area is 125 Å². The summed E-state index contributed by atoms with van der Waals surface area (Å²) in [6.07, 6.45) is 0. The summed E-state index contributed by atoms with van der Waals surface area (Å²) in [5, 5.41) is 1.46. The lowest BCUT2D eigenvalue weighted by Gasteiger charge is -2.13. The summed E-state index contributed by atoms with van der Waals surface area (Å²) in [6, 6.07) is 5.00. The van der Waals surface area contributed by atoms with Crippen LogP contribution in [0, 0.1) is 0 Å². The number of sulfone groups is 1. The predicted molar refractivity (Wildman–Crippen MR) is 79.4 cm³/mol. The van der Waals surface area contributed by atoms with Gasteiger partial charge >= 0.3 is 5.17 Å². The molecule has 0 unspecified atom stereocenters. The van der Waals surface area contributed by atoms with E-state index in [-0.39, 0.29) is 22.8 Å². The van der Waals surface area contributed by atoms with E-state index in [9.17, 15) is 8.42 Å². The van der Waals surface area contributed by atoms with Crippen LogP contribution in [0.25, 0.3) is 0 Å². The van der Waals surface area contributed by atoms with Gasteiger partial charge in [-0.05, 0) is 23.9 Å². The van der Waals surface area contributed by atoms with E-state index in [1.165, 1.54) is 11.8 Å². The average molecular weight is 338 g/mol. The fourth-order valence-electron chi connectivity index (χ4n) is 2.52. The molecule has 0 amide bonds. The van der Waals surface area contributed by atoms with E-state index < -0.39 is 9.84 Å². The van der Waals surface area contributed by atoms with Gasteiger partial charge in [-0.2, -0.15) is 0 Å². The number of para-hydroxylation sites is 1. The first kappa shape index (κ1) is 13.5. The first-order chi connectivity index (χ1) is 8.89. The van der Waals surface area contributed by atoms with Gasteiger partial charge in [-0.3, -0.25) is 5.73 Å². The van der Waals surface area contributed by atoms with Crippen LogP contribution in [0.2, 0.25) is 10.0 Å². The molecule has 8 heteroatoms. The van der Waals surface area contributed by atoms with Crippen molar-refractivity contribution in [3.8, 4) is 0 Å². The monoisotopic (exact) mass is 337 g/mol. The molecule has 2 N–H and O–H groups in total. The number of nitrogens with zero attached hydrogens (tertiary/aromatic N) is 1. The van der Waals surface area contributed by atoms with Gasteiger partial charge in [0.05, 0.1) is 26.8 Å². The predicted octanol–water partition coefficient (Wildman–Crippen LogP) is 1.86. The maximum atomic E-state index is 11.7. The molecule has 2 aliphatic rings. The smallest absolute Gasteiger partial charge is 0.281 e. The fourth-order valence-corrected chi connectivity index (χ4v) is 6.90. The second-order valence-electron chi connectivity index (χ2n) is 4.58. The Kier molecular flexibility index (Phi) is 3.24. The number of hydrogen-bond donors (Lipinski definition) is 1. The minimum atomic E-state index is -3.01. The summed E-state index contributed by atoms with van der Waals surface area (Å²) >= 11 is 13.7. The lowest BCUT2D eigenvalue weighted by molar-refractivity contribution is -0.470. The normalized spacial score (nSPS) is 28.7. The summed E-state index contributed by atoms with van der Waals surface area (Å²) in [5.74, 6) is 0.245. The number of fused-ring (bicyclic) bond motifs is 1. The average Bonchev–Trinajstić information content (AvgIpc) is 2.71. The molecule has 0 aliphatic carbocycles. The van der Waals surface area contributed by atoms with Crippen molar-refractivity contribution in [3.05, 3.63) is 28.2 Å². The van der Waals surface area contributed by atoms with Gasteiger partial charge < -0.3 is 0 Å². The fraction of sp³-hybridized carbons (Fsp3) is 0.364. The third-order valence-electron chi connectivity index (χ3n) is 3.29. The molecule has 3 rings (SSSR count). The minimum absolute atomic E-state index is 0.0441.